The van der Waals surface area contributed by atoms with Gasteiger partial charge in [0.1, 0.15) is 6.10 Å². The molecule has 8 nitrogen and oxygen atoms in total. The lowest BCUT2D eigenvalue weighted by Crippen LogP contribution is -2.52. The minimum absolute atomic E-state index is 0.0363. The molecule has 2 aliphatic heterocycles. The number of ether oxygens (including phenoxy) is 1. The maximum absolute atomic E-state index is 12.4. The van der Waals surface area contributed by atoms with E-state index in [1.807, 2.05) is 30.4 Å². The second-order valence-corrected chi connectivity index (χ2v) is 7.01. The van der Waals surface area contributed by atoms with Crippen LogP contribution in [0.15, 0.2) is 0 Å². The van der Waals surface area contributed by atoms with Gasteiger partial charge in [-0.05, 0) is 33.6 Å². The third-order valence-corrected chi connectivity index (χ3v) is 5.20. The fourth-order valence-corrected chi connectivity index (χ4v) is 3.67. The predicted octanol–water partition coefficient (Wildman–Crippen LogP) is 0.782. The number of hydrogen-bond donors (Lipinski definition) is 1. The molecule has 1 N–H and O–H groups in total. The molecule has 0 aromatic carbocycles. The third kappa shape index (κ3) is 4.07. The molecule has 0 aliphatic carbocycles. The number of carbonyl (C=O) groups excluding carboxylic acids is 2. The SMILES string of the molecule is CCn1nc(C)c(NC(=O)CN2CCN(C(=O)C3CCCO3)CC2)c1C. The lowest BCUT2D eigenvalue weighted by atomic mass is 10.2. The normalized spacial score (nSPS) is 21.2. The van der Waals surface area contributed by atoms with Crippen LogP contribution in [0.2, 0.25) is 0 Å². The Hall–Kier alpha value is -1.93. The van der Waals surface area contributed by atoms with Gasteiger partial charge in [0.15, 0.2) is 0 Å². The molecule has 2 aliphatic rings. The van der Waals surface area contributed by atoms with Crippen LogP contribution in [0.5, 0.6) is 0 Å². The molecule has 2 fully saturated rings. The number of aryl methyl sites for hydroxylation is 2. The van der Waals surface area contributed by atoms with Crippen LogP contribution in [-0.4, -0.2) is 76.8 Å². The highest BCUT2D eigenvalue weighted by molar-refractivity contribution is 5.93. The van der Waals surface area contributed by atoms with Crippen molar-refractivity contribution in [3.63, 3.8) is 0 Å². The average Bonchev–Trinajstić information content (AvgIpc) is 3.26. The van der Waals surface area contributed by atoms with E-state index in [2.05, 4.69) is 15.3 Å². The lowest BCUT2D eigenvalue weighted by molar-refractivity contribution is -0.142. The Morgan fingerprint density at radius 2 is 1.96 bits per heavy atom. The number of hydrogen-bond acceptors (Lipinski definition) is 5. The minimum Gasteiger partial charge on any atom is -0.368 e. The van der Waals surface area contributed by atoms with Crippen molar-refractivity contribution in [2.75, 3.05) is 44.6 Å². The van der Waals surface area contributed by atoms with Gasteiger partial charge in [0.2, 0.25) is 5.91 Å². The smallest absolute Gasteiger partial charge is 0.251 e. The summed E-state index contributed by atoms with van der Waals surface area (Å²) in [5, 5.41) is 7.42. The van der Waals surface area contributed by atoms with Gasteiger partial charge in [-0.25, -0.2) is 0 Å². The molecule has 144 valence electrons. The number of carbonyl (C=O) groups is 2. The Kier molecular flexibility index (Phi) is 5.93. The van der Waals surface area contributed by atoms with Crippen molar-refractivity contribution in [1.29, 1.82) is 0 Å². The maximum Gasteiger partial charge on any atom is 0.251 e. The van der Waals surface area contributed by atoms with Gasteiger partial charge in [-0.15, -0.1) is 0 Å². The van der Waals surface area contributed by atoms with Gasteiger partial charge in [-0.2, -0.15) is 5.10 Å². The van der Waals surface area contributed by atoms with E-state index < -0.39 is 0 Å². The summed E-state index contributed by atoms with van der Waals surface area (Å²) >= 11 is 0. The number of rotatable bonds is 5. The van der Waals surface area contributed by atoms with Gasteiger partial charge >= 0.3 is 0 Å². The Balaban J connectivity index is 1.48. The van der Waals surface area contributed by atoms with Crippen LogP contribution in [0, 0.1) is 13.8 Å². The second kappa shape index (κ2) is 8.18. The van der Waals surface area contributed by atoms with Gasteiger partial charge in [-0.1, -0.05) is 0 Å². The zero-order valence-electron chi connectivity index (χ0n) is 16.0. The molecule has 0 saturated carbocycles. The molecule has 26 heavy (non-hydrogen) atoms. The fourth-order valence-electron chi connectivity index (χ4n) is 3.67. The molecule has 2 amide bonds. The third-order valence-electron chi connectivity index (χ3n) is 5.20. The van der Waals surface area contributed by atoms with Crippen LogP contribution >= 0.6 is 0 Å². The largest absolute Gasteiger partial charge is 0.368 e. The van der Waals surface area contributed by atoms with Crippen molar-refractivity contribution >= 4 is 17.5 Å². The van der Waals surface area contributed by atoms with E-state index in [0.717, 1.165) is 36.5 Å². The van der Waals surface area contributed by atoms with E-state index in [0.29, 0.717) is 39.3 Å². The van der Waals surface area contributed by atoms with E-state index >= 15 is 0 Å². The van der Waals surface area contributed by atoms with Crippen molar-refractivity contribution < 1.29 is 14.3 Å². The number of nitrogens with zero attached hydrogens (tertiary/aromatic N) is 4. The van der Waals surface area contributed by atoms with Crippen LogP contribution in [0.25, 0.3) is 0 Å². The summed E-state index contributed by atoms with van der Waals surface area (Å²) in [6, 6.07) is 0. The number of nitrogens with one attached hydrogen (secondary N) is 1. The monoisotopic (exact) mass is 363 g/mol. The molecule has 0 radical (unpaired) electrons. The highest BCUT2D eigenvalue weighted by atomic mass is 16.5. The van der Waals surface area contributed by atoms with Crippen LogP contribution in [0.3, 0.4) is 0 Å². The molecule has 0 spiro atoms. The Labute approximate surface area is 154 Å². The van der Waals surface area contributed by atoms with E-state index in [1.165, 1.54) is 0 Å². The number of aromatic nitrogens is 2. The molecular formula is C18H29N5O3. The molecule has 3 heterocycles. The number of amides is 2. The minimum atomic E-state index is -0.258. The van der Waals surface area contributed by atoms with Crippen LogP contribution in [-0.2, 0) is 20.9 Å². The summed E-state index contributed by atoms with van der Waals surface area (Å²) in [6.07, 6.45) is 1.53. The summed E-state index contributed by atoms with van der Waals surface area (Å²) < 4.78 is 7.37. The molecule has 3 rings (SSSR count). The molecule has 1 aromatic heterocycles. The Bertz CT molecular complexity index is 658. The summed E-state index contributed by atoms with van der Waals surface area (Å²) in [6.45, 7) is 10.4. The number of anilines is 1. The van der Waals surface area contributed by atoms with E-state index in [4.69, 9.17) is 4.74 Å². The quantitative estimate of drug-likeness (QED) is 0.836. The maximum atomic E-state index is 12.4. The summed E-state index contributed by atoms with van der Waals surface area (Å²) in [5.41, 5.74) is 2.62. The predicted molar refractivity (Wildman–Crippen MR) is 98.0 cm³/mol. The number of piperazine rings is 1. The first-order valence-electron chi connectivity index (χ1n) is 9.46. The average molecular weight is 363 g/mol. The van der Waals surface area contributed by atoms with Crippen molar-refractivity contribution in [3.05, 3.63) is 11.4 Å². The molecule has 2 saturated heterocycles. The lowest BCUT2D eigenvalue weighted by Gasteiger charge is -2.35. The standard InChI is InChI=1S/C18H29N5O3/c1-4-23-14(3)17(13(2)20-23)19-16(24)12-21-7-9-22(10-8-21)18(25)15-6-5-11-26-15/h15H,4-12H2,1-3H3,(H,19,24). The van der Waals surface area contributed by atoms with Crippen LogP contribution in [0.1, 0.15) is 31.2 Å². The van der Waals surface area contributed by atoms with Crippen molar-refractivity contribution in [3.8, 4) is 0 Å². The first kappa shape index (κ1) is 18.8. The summed E-state index contributed by atoms with van der Waals surface area (Å²) in [5.74, 6) is 0.0654. The van der Waals surface area contributed by atoms with Gasteiger partial charge in [0, 0.05) is 39.3 Å². The van der Waals surface area contributed by atoms with Crippen LogP contribution in [0.4, 0.5) is 5.69 Å². The van der Waals surface area contributed by atoms with Crippen molar-refractivity contribution in [2.24, 2.45) is 0 Å². The van der Waals surface area contributed by atoms with Crippen LogP contribution < -0.4 is 5.32 Å². The fraction of sp³-hybridized carbons (Fsp3) is 0.722. The van der Waals surface area contributed by atoms with Gasteiger partial charge in [0.25, 0.3) is 5.91 Å². The highest BCUT2D eigenvalue weighted by Crippen LogP contribution is 2.19. The first-order valence-corrected chi connectivity index (χ1v) is 9.46. The molecule has 0 bridgehead atoms. The molecule has 1 unspecified atom stereocenters. The van der Waals surface area contributed by atoms with Crippen molar-refractivity contribution in [1.82, 2.24) is 19.6 Å². The van der Waals surface area contributed by atoms with E-state index in [1.54, 1.807) is 0 Å². The highest BCUT2D eigenvalue weighted by Gasteiger charge is 2.30. The Morgan fingerprint density at radius 1 is 1.23 bits per heavy atom. The van der Waals surface area contributed by atoms with Gasteiger partial charge in [0.05, 0.1) is 23.6 Å². The Morgan fingerprint density at radius 3 is 2.54 bits per heavy atom. The second-order valence-electron chi connectivity index (χ2n) is 7.01. The molecule has 1 aromatic rings. The van der Waals surface area contributed by atoms with Crippen molar-refractivity contribution in [2.45, 2.75) is 46.3 Å². The topological polar surface area (TPSA) is 79.7 Å². The summed E-state index contributed by atoms with van der Waals surface area (Å²) in [7, 11) is 0. The van der Waals surface area contributed by atoms with E-state index in [-0.39, 0.29) is 17.9 Å². The first-order chi connectivity index (χ1) is 12.5. The van der Waals surface area contributed by atoms with Gasteiger partial charge in [-0.3, -0.25) is 19.2 Å². The molecular weight excluding hydrogens is 334 g/mol. The van der Waals surface area contributed by atoms with E-state index in [9.17, 15) is 9.59 Å². The molecule has 8 heteroatoms. The summed E-state index contributed by atoms with van der Waals surface area (Å²) in [4.78, 5) is 28.7. The zero-order valence-corrected chi connectivity index (χ0v) is 16.0. The molecule has 1 atom stereocenters. The van der Waals surface area contributed by atoms with Gasteiger partial charge < -0.3 is 15.0 Å². The zero-order chi connectivity index (χ0) is 18.7.